The van der Waals surface area contributed by atoms with Crippen molar-refractivity contribution in [3.8, 4) is 11.1 Å². The first-order valence-electron chi connectivity index (χ1n) is 10.0. The van der Waals surface area contributed by atoms with Crippen molar-refractivity contribution < 1.29 is 8.91 Å². The maximum absolute atomic E-state index is 14.7. The number of halogens is 1. The van der Waals surface area contributed by atoms with Gasteiger partial charge in [-0.1, -0.05) is 72.7 Å². The number of hydrogen-bond donors (Lipinski definition) is 3. The summed E-state index contributed by atoms with van der Waals surface area (Å²) in [5.41, 5.74) is 3.73. The van der Waals surface area contributed by atoms with Crippen LogP contribution in [0.2, 0.25) is 0 Å². The first kappa shape index (κ1) is 20.3. The molecule has 0 radical (unpaired) electrons. The molecule has 156 valence electrons. The standard InChI is InChI=1S/C25H23FN4O/c1-17(19-12-13-22(23(26)14-19)18-8-4-2-5-9-18)24-15-21(30-31-24)16-28-25(27)29-20-10-6-3-7-11-20/h2-15,17H,16H2,1H3,(H3,27,28,29). The minimum Gasteiger partial charge on any atom is -0.360 e. The molecule has 5 nitrogen and oxygen atoms in total. The lowest BCUT2D eigenvalue weighted by Gasteiger charge is -2.11. The lowest BCUT2D eigenvalue weighted by molar-refractivity contribution is 0.369. The Hall–Kier alpha value is -3.93. The largest absolute Gasteiger partial charge is 0.360 e. The second-order valence-electron chi connectivity index (χ2n) is 7.27. The smallest absolute Gasteiger partial charge is 0.193 e. The number of guanidine groups is 1. The second kappa shape index (κ2) is 9.26. The van der Waals surface area contributed by atoms with Crippen molar-refractivity contribution in [2.45, 2.75) is 19.4 Å². The van der Waals surface area contributed by atoms with Gasteiger partial charge in [0.15, 0.2) is 5.96 Å². The molecular formula is C25H23FN4O. The number of nitrogens with one attached hydrogen (secondary N) is 3. The third-order valence-corrected chi connectivity index (χ3v) is 5.07. The zero-order valence-corrected chi connectivity index (χ0v) is 17.1. The van der Waals surface area contributed by atoms with Crippen LogP contribution in [-0.2, 0) is 6.54 Å². The van der Waals surface area contributed by atoms with Crippen LogP contribution in [0.1, 0.15) is 29.9 Å². The average Bonchev–Trinajstić information content (AvgIpc) is 3.27. The van der Waals surface area contributed by atoms with E-state index in [1.54, 1.807) is 12.1 Å². The van der Waals surface area contributed by atoms with Crippen LogP contribution in [0.25, 0.3) is 11.1 Å². The van der Waals surface area contributed by atoms with Gasteiger partial charge in [-0.25, -0.2) is 4.39 Å². The third-order valence-electron chi connectivity index (χ3n) is 5.07. The van der Waals surface area contributed by atoms with Gasteiger partial charge in [-0.3, -0.25) is 5.41 Å². The fraction of sp³-hybridized carbons (Fsp3) is 0.120. The average molecular weight is 414 g/mol. The van der Waals surface area contributed by atoms with Gasteiger partial charge >= 0.3 is 0 Å². The van der Waals surface area contributed by atoms with E-state index in [2.05, 4.69) is 15.8 Å². The van der Waals surface area contributed by atoms with Crippen molar-refractivity contribution in [2.75, 3.05) is 5.32 Å². The molecule has 31 heavy (non-hydrogen) atoms. The topological polar surface area (TPSA) is 73.9 Å². The Morgan fingerprint density at radius 2 is 1.71 bits per heavy atom. The van der Waals surface area contributed by atoms with E-state index < -0.39 is 0 Å². The van der Waals surface area contributed by atoms with Gasteiger partial charge in [-0.15, -0.1) is 0 Å². The summed E-state index contributed by atoms with van der Waals surface area (Å²) in [7, 11) is 0. The van der Waals surface area contributed by atoms with Gasteiger partial charge in [-0.2, -0.15) is 0 Å². The van der Waals surface area contributed by atoms with Gasteiger partial charge in [0, 0.05) is 23.2 Å². The first-order chi connectivity index (χ1) is 15.1. The molecule has 0 fully saturated rings. The van der Waals surface area contributed by atoms with Gasteiger partial charge in [0.25, 0.3) is 0 Å². The van der Waals surface area contributed by atoms with E-state index in [1.807, 2.05) is 79.7 Å². The summed E-state index contributed by atoms with van der Waals surface area (Å²) in [6, 6.07) is 26.0. The number of hydrogen-bond acceptors (Lipinski definition) is 3. The van der Waals surface area contributed by atoms with Crippen LogP contribution in [-0.4, -0.2) is 11.1 Å². The lowest BCUT2D eigenvalue weighted by Crippen LogP contribution is -2.29. The van der Waals surface area contributed by atoms with Crippen molar-refractivity contribution in [3.05, 3.63) is 108 Å². The molecule has 6 heteroatoms. The van der Waals surface area contributed by atoms with E-state index >= 15 is 0 Å². The summed E-state index contributed by atoms with van der Waals surface area (Å²) in [6.07, 6.45) is 0. The normalized spacial score (nSPS) is 11.7. The van der Waals surface area contributed by atoms with E-state index in [9.17, 15) is 4.39 Å². The molecule has 1 atom stereocenters. The molecule has 3 N–H and O–H groups in total. The van der Waals surface area contributed by atoms with Crippen molar-refractivity contribution >= 4 is 11.6 Å². The van der Waals surface area contributed by atoms with Crippen molar-refractivity contribution in [3.63, 3.8) is 0 Å². The predicted molar refractivity (Wildman–Crippen MR) is 120 cm³/mol. The highest BCUT2D eigenvalue weighted by Gasteiger charge is 2.17. The minimum absolute atomic E-state index is 0.150. The molecule has 1 heterocycles. The molecular weight excluding hydrogens is 391 g/mol. The number of aromatic nitrogens is 1. The SMILES string of the molecule is CC(c1ccc(-c2ccccc2)c(F)c1)c1cc(CNC(=N)Nc2ccccc2)no1. The molecule has 0 aliphatic rings. The summed E-state index contributed by atoms with van der Waals surface area (Å²) in [4.78, 5) is 0. The fourth-order valence-electron chi connectivity index (χ4n) is 3.32. The Balaban J connectivity index is 1.39. The Morgan fingerprint density at radius 3 is 2.42 bits per heavy atom. The third kappa shape index (κ3) is 4.98. The zero-order valence-electron chi connectivity index (χ0n) is 17.1. The molecule has 3 aromatic carbocycles. The zero-order chi connectivity index (χ0) is 21.6. The summed E-state index contributed by atoms with van der Waals surface area (Å²) in [5.74, 6) is 0.397. The molecule has 1 aromatic heterocycles. The number of benzene rings is 3. The van der Waals surface area contributed by atoms with E-state index in [0.717, 1.165) is 16.8 Å². The highest BCUT2D eigenvalue weighted by atomic mass is 19.1. The second-order valence-corrected chi connectivity index (χ2v) is 7.27. The van der Waals surface area contributed by atoms with Crippen LogP contribution < -0.4 is 10.6 Å². The molecule has 0 bridgehead atoms. The molecule has 1 unspecified atom stereocenters. The predicted octanol–water partition coefficient (Wildman–Crippen LogP) is 5.77. The number of anilines is 1. The van der Waals surface area contributed by atoms with Crippen LogP contribution in [0, 0.1) is 11.2 Å². The van der Waals surface area contributed by atoms with Crippen LogP contribution in [0.5, 0.6) is 0 Å². The molecule has 4 rings (SSSR count). The van der Waals surface area contributed by atoms with E-state index in [1.165, 1.54) is 0 Å². The van der Waals surface area contributed by atoms with Gasteiger partial charge in [0.2, 0.25) is 0 Å². The van der Waals surface area contributed by atoms with Gasteiger partial charge in [0.1, 0.15) is 17.3 Å². The van der Waals surface area contributed by atoms with E-state index in [-0.39, 0.29) is 17.7 Å². The Bertz CT molecular complexity index is 1160. The van der Waals surface area contributed by atoms with E-state index in [0.29, 0.717) is 23.6 Å². The van der Waals surface area contributed by atoms with Crippen LogP contribution in [0.15, 0.2) is 89.5 Å². The molecule has 0 spiro atoms. The molecule has 4 aromatic rings. The highest BCUT2D eigenvalue weighted by molar-refractivity contribution is 5.90. The summed E-state index contributed by atoms with van der Waals surface area (Å²) >= 11 is 0. The Kier molecular flexibility index (Phi) is 6.08. The maximum Gasteiger partial charge on any atom is 0.193 e. The summed E-state index contributed by atoms with van der Waals surface area (Å²) in [5, 5.41) is 18.0. The minimum atomic E-state index is -0.266. The molecule has 0 amide bonds. The quantitative estimate of drug-likeness (QED) is 0.277. The van der Waals surface area contributed by atoms with E-state index in [4.69, 9.17) is 9.93 Å². The van der Waals surface area contributed by atoms with Crippen molar-refractivity contribution in [1.29, 1.82) is 5.41 Å². The van der Waals surface area contributed by atoms with Gasteiger partial charge < -0.3 is 15.2 Å². The molecule has 0 aliphatic heterocycles. The maximum atomic E-state index is 14.7. The molecule has 0 saturated heterocycles. The monoisotopic (exact) mass is 414 g/mol. The Labute approximate surface area is 180 Å². The Morgan fingerprint density at radius 1 is 1.00 bits per heavy atom. The van der Waals surface area contributed by atoms with Crippen LogP contribution in [0.3, 0.4) is 0 Å². The van der Waals surface area contributed by atoms with Crippen molar-refractivity contribution in [2.24, 2.45) is 0 Å². The number of rotatable bonds is 6. The van der Waals surface area contributed by atoms with Crippen LogP contribution >= 0.6 is 0 Å². The first-order valence-corrected chi connectivity index (χ1v) is 10.0. The van der Waals surface area contributed by atoms with Crippen LogP contribution in [0.4, 0.5) is 10.1 Å². The van der Waals surface area contributed by atoms with Gasteiger partial charge in [0.05, 0.1) is 6.54 Å². The summed E-state index contributed by atoms with van der Waals surface area (Å²) < 4.78 is 20.2. The van der Waals surface area contributed by atoms with Gasteiger partial charge in [-0.05, 0) is 29.3 Å². The highest BCUT2D eigenvalue weighted by Crippen LogP contribution is 2.29. The summed E-state index contributed by atoms with van der Waals surface area (Å²) in [6.45, 7) is 2.30. The fourth-order valence-corrected chi connectivity index (χ4v) is 3.32. The molecule has 0 aliphatic carbocycles. The lowest BCUT2D eigenvalue weighted by atomic mass is 9.95. The number of para-hydroxylation sites is 1. The van der Waals surface area contributed by atoms with Crippen molar-refractivity contribution in [1.82, 2.24) is 10.5 Å². The molecule has 0 saturated carbocycles. The number of nitrogens with zero attached hydrogens (tertiary/aromatic N) is 1.